The van der Waals surface area contributed by atoms with Gasteiger partial charge < -0.3 is 20.1 Å². The van der Waals surface area contributed by atoms with Gasteiger partial charge in [0.25, 0.3) is 0 Å². The zero-order valence-electron chi connectivity index (χ0n) is 34.3. The molecule has 0 aromatic carbocycles. The summed E-state index contributed by atoms with van der Waals surface area (Å²) in [7, 11) is -4.37. The second-order valence-corrected chi connectivity index (χ2v) is 16.0. The SMILES string of the molecule is CCCCCC/C=C/CCCCCCCCCCCC(=O)O[C@H](COC(=O)CCCCCCCCC/C=C/CCCCCC)COP(=O)(O)OCCN. The molecule has 1 unspecified atom stereocenters. The van der Waals surface area contributed by atoms with Gasteiger partial charge in [-0.05, 0) is 64.2 Å². The molecule has 0 rings (SSSR count). The minimum absolute atomic E-state index is 0.0536. The molecular formula is C43H82NO8P. The Labute approximate surface area is 325 Å². The first kappa shape index (κ1) is 51.5. The van der Waals surface area contributed by atoms with E-state index < -0.39 is 26.5 Å². The van der Waals surface area contributed by atoms with Crippen molar-refractivity contribution in [1.82, 2.24) is 0 Å². The molecule has 0 heterocycles. The molecule has 0 bridgehead atoms. The van der Waals surface area contributed by atoms with Gasteiger partial charge in [-0.3, -0.25) is 18.6 Å². The number of ether oxygens (including phenoxy) is 2. The summed E-state index contributed by atoms with van der Waals surface area (Å²) in [6.45, 7) is 3.72. The quantitative estimate of drug-likeness (QED) is 0.0269. The molecule has 0 aromatic rings. The van der Waals surface area contributed by atoms with Gasteiger partial charge in [0, 0.05) is 19.4 Å². The highest BCUT2D eigenvalue weighted by atomic mass is 31.2. The van der Waals surface area contributed by atoms with Crippen LogP contribution in [0.4, 0.5) is 0 Å². The third-order valence-electron chi connectivity index (χ3n) is 9.31. The second kappa shape index (κ2) is 40.2. The highest BCUT2D eigenvalue weighted by Crippen LogP contribution is 2.43. The molecule has 0 saturated carbocycles. The third kappa shape index (κ3) is 40.0. The first-order valence-electron chi connectivity index (χ1n) is 21.8. The highest BCUT2D eigenvalue weighted by Gasteiger charge is 2.26. The Morgan fingerprint density at radius 1 is 0.547 bits per heavy atom. The van der Waals surface area contributed by atoms with Crippen molar-refractivity contribution in [2.24, 2.45) is 5.73 Å². The molecule has 0 saturated heterocycles. The van der Waals surface area contributed by atoms with E-state index >= 15 is 0 Å². The molecular weight excluding hydrogens is 689 g/mol. The summed E-state index contributed by atoms with van der Waals surface area (Å²) in [5, 5.41) is 0. The number of unbranched alkanes of at least 4 members (excludes halogenated alkanes) is 24. The summed E-state index contributed by atoms with van der Waals surface area (Å²) < 4.78 is 32.8. The molecule has 312 valence electrons. The van der Waals surface area contributed by atoms with Gasteiger partial charge in [0.2, 0.25) is 0 Å². The van der Waals surface area contributed by atoms with E-state index in [-0.39, 0.29) is 38.6 Å². The van der Waals surface area contributed by atoms with E-state index in [1.807, 2.05) is 0 Å². The van der Waals surface area contributed by atoms with Crippen molar-refractivity contribution in [3.05, 3.63) is 24.3 Å². The number of hydrogen-bond donors (Lipinski definition) is 2. The van der Waals surface area contributed by atoms with Crippen LogP contribution in [0.1, 0.15) is 206 Å². The fourth-order valence-electron chi connectivity index (χ4n) is 6.04. The molecule has 0 spiro atoms. The number of carbonyl (C=O) groups is 2. The summed E-state index contributed by atoms with van der Waals surface area (Å²) >= 11 is 0. The lowest BCUT2D eigenvalue weighted by molar-refractivity contribution is -0.161. The predicted octanol–water partition coefficient (Wildman–Crippen LogP) is 12.4. The lowest BCUT2D eigenvalue weighted by atomic mass is 10.1. The third-order valence-corrected chi connectivity index (χ3v) is 10.3. The summed E-state index contributed by atoms with van der Waals surface area (Å²) in [6, 6.07) is 0. The predicted molar refractivity (Wildman–Crippen MR) is 220 cm³/mol. The van der Waals surface area contributed by atoms with Gasteiger partial charge in [-0.2, -0.15) is 0 Å². The summed E-state index contributed by atoms with van der Waals surface area (Å²) in [5.74, 6) is -0.831. The van der Waals surface area contributed by atoms with Crippen LogP contribution in [0, 0.1) is 0 Å². The molecule has 2 atom stereocenters. The topological polar surface area (TPSA) is 134 Å². The Hall–Kier alpha value is -1.51. The summed E-state index contributed by atoms with van der Waals surface area (Å²) in [5.41, 5.74) is 5.35. The molecule has 3 N–H and O–H groups in total. The van der Waals surface area contributed by atoms with E-state index in [2.05, 4.69) is 38.2 Å². The zero-order valence-corrected chi connectivity index (χ0v) is 35.2. The Morgan fingerprint density at radius 2 is 0.925 bits per heavy atom. The number of carbonyl (C=O) groups excluding carboxylic acids is 2. The van der Waals surface area contributed by atoms with Gasteiger partial charge in [-0.15, -0.1) is 0 Å². The molecule has 10 heteroatoms. The molecule has 0 amide bonds. The van der Waals surface area contributed by atoms with E-state index in [9.17, 15) is 19.0 Å². The Bertz CT molecular complexity index is 928. The Morgan fingerprint density at radius 3 is 1.34 bits per heavy atom. The van der Waals surface area contributed by atoms with Gasteiger partial charge >= 0.3 is 19.8 Å². The van der Waals surface area contributed by atoms with Gasteiger partial charge in [0.05, 0.1) is 13.2 Å². The van der Waals surface area contributed by atoms with Crippen LogP contribution in [0.5, 0.6) is 0 Å². The van der Waals surface area contributed by atoms with E-state index in [1.54, 1.807) is 0 Å². The Kier molecular flexibility index (Phi) is 39.0. The van der Waals surface area contributed by atoms with E-state index in [4.69, 9.17) is 24.3 Å². The number of esters is 2. The molecule has 0 aliphatic heterocycles. The van der Waals surface area contributed by atoms with Crippen molar-refractivity contribution in [3.8, 4) is 0 Å². The van der Waals surface area contributed by atoms with Crippen molar-refractivity contribution < 1.29 is 37.6 Å². The molecule has 0 aliphatic carbocycles. The van der Waals surface area contributed by atoms with Crippen LogP contribution in [0.3, 0.4) is 0 Å². The number of rotatable bonds is 41. The Balaban J connectivity index is 4.14. The van der Waals surface area contributed by atoms with E-state index in [0.717, 1.165) is 51.4 Å². The van der Waals surface area contributed by atoms with Crippen molar-refractivity contribution in [1.29, 1.82) is 0 Å². The number of nitrogens with two attached hydrogens (primary N) is 1. The highest BCUT2D eigenvalue weighted by molar-refractivity contribution is 7.47. The maximum absolute atomic E-state index is 12.6. The van der Waals surface area contributed by atoms with Crippen LogP contribution in [-0.4, -0.2) is 49.3 Å². The standard InChI is InChI=1S/C43H82NO8P/c1-3-5-7-9-11-13-15-17-19-20-22-24-26-28-30-32-34-36-43(46)52-41(40-51-53(47,48)50-38-37-44)39-49-42(45)35-33-31-29-27-25-23-21-18-16-14-12-10-8-6-4-2/h13-16,41H,3-12,17-40,44H2,1-2H3,(H,47,48)/b15-13+,16-14+/t41-/m1/s1. The smallest absolute Gasteiger partial charge is 0.462 e. The fraction of sp³-hybridized carbons (Fsp3) is 0.860. The van der Waals surface area contributed by atoms with Gasteiger partial charge in [-0.1, -0.05) is 154 Å². The van der Waals surface area contributed by atoms with Crippen LogP contribution in [-0.2, 0) is 32.7 Å². The van der Waals surface area contributed by atoms with Crippen molar-refractivity contribution in [2.45, 2.75) is 213 Å². The number of allylic oxidation sites excluding steroid dienone is 4. The van der Waals surface area contributed by atoms with Crippen LogP contribution < -0.4 is 5.73 Å². The van der Waals surface area contributed by atoms with Gasteiger partial charge in [0.15, 0.2) is 6.10 Å². The monoisotopic (exact) mass is 772 g/mol. The number of phosphoric ester groups is 1. The molecule has 9 nitrogen and oxygen atoms in total. The first-order valence-corrected chi connectivity index (χ1v) is 23.3. The van der Waals surface area contributed by atoms with Crippen LogP contribution in [0.2, 0.25) is 0 Å². The zero-order chi connectivity index (χ0) is 38.9. The lowest BCUT2D eigenvalue weighted by Crippen LogP contribution is -2.29. The van der Waals surface area contributed by atoms with Gasteiger partial charge in [0.1, 0.15) is 6.61 Å². The maximum Gasteiger partial charge on any atom is 0.472 e. The number of hydrogen-bond acceptors (Lipinski definition) is 8. The minimum Gasteiger partial charge on any atom is -0.462 e. The molecule has 0 fully saturated rings. The summed E-state index contributed by atoms with van der Waals surface area (Å²) in [6.07, 6.45) is 42.0. The van der Waals surface area contributed by atoms with E-state index in [1.165, 1.54) is 122 Å². The largest absolute Gasteiger partial charge is 0.472 e. The second-order valence-electron chi connectivity index (χ2n) is 14.6. The molecule has 53 heavy (non-hydrogen) atoms. The molecule has 0 aromatic heterocycles. The first-order chi connectivity index (χ1) is 25.8. The average Bonchev–Trinajstić information content (AvgIpc) is 3.14. The van der Waals surface area contributed by atoms with Crippen LogP contribution >= 0.6 is 7.82 Å². The van der Waals surface area contributed by atoms with Crippen LogP contribution in [0.15, 0.2) is 24.3 Å². The lowest BCUT2D eigenvalue weighted by Gasteiger charge is -2.19. The molecule has 0 radical (unpaired) electrons. The van der Waals surface area contributed by atoms with Crippen molar-refractivity contribution in [3.63, 3.8) is 0 Å². The average molecular weight is 772 g/mol. The molecule has 0 aliphatic rings. The normalized spacial score (nSPS) is 13.5. The summed E-state index contributed by atoms with van der Waals surface area (Å²) in [4.78, 5) is 34.9. The van der Waals surface area contributed by atoms with Gasteiger partial charge in [-0.25, -0.2) is 4.57 Å². The van der Waals surface area contributed by atoms with Crippen molar-refractivity contribution in [2.75, 3.05) is 26.4 Å². The van der Waals surface area contributed by atoms with Crippen LogP contribution in [0.25, 0.3) is 0 Å². The van der Waals surface area contributed by atoms with Crippen molar-refractivity contribution >= 4 is 19.8 Å². The fourth-order valence-corrected chi connectivity index (χ4v) is 6.80. The minimum atomic E-state index is -4.37. The maximum atomic E-state index is 12.6. The number of phosphoric acid groups is 1. The van der Waals surface area contributed by atoms with E-state index in [0.29, 0.717) is 6.42 Å².